The van der Waals surface area contributed by atoms with E-state index in [2.05, 4.69) is 9.97 Å². The second-order valence-corrected chi connectivity index (χ2v) is 6.61. The zero-order valence-corrected chi connectivity index (χ0v) is 15.0. The maximum atomic E-state index is 13.0. The quantitative estimate of drug-likeness (QED) is 0.428. The monoisotopic (exact) mass is 354 g/mol. The summed E-state index contributed by atoms with van der Waals surface area (Å²) in [5.74, 6) is 1.75. The van der Waals surface area contributed by atoms with Gasteiger partial charge in [0.2, 0.25) is 5.88 Å². The van der Waals surface area contributed by atoms with Gasteiger partial charge in [-0.2, -0.15) is 4.98 Å². The third-order valence-electron chi connectivity index (χ3n) is 3.59. The van der Waals surface area contributed by atoms with Crippen LogP contribution in [0.15, 0.2) is 59.8 Å². The van der Waals surface area contributed by atoms with Crippen molar-refractivity contribution >= 4 is 11.8 Å². The third-order valence-corrected chi connectivity index (χ3v) is 4.51. The van der Waals surface area contributed by atoms with E-state index in [-0.39, 0.29) is 5.82 Å². The summed E-state index contributed by atoms with van der Waals surface area (Å²) in [7, 11) is 0. The summed E-state index contributed by atoms with van der Waals surface area (Å²) in [5, 5.41) is 0.659. The van der Waals surface area contributed by atoms with Crippen molar-refractivity contribution in [3.05, 3.63) is 77.2 Å². The molecule has 0 N–H and O–H groups in total. The van der Waals surface area contributed by atoms with E-state index < -0.39 is 0 Å². The number of thioether (sulfide) groups is 1. The summed E-state index contributed by atoms with van der Waals surface area (Å²) in [6.07, 6.45) is 0.802. The Bertz CT molecular complexity index is 853. The first kappa shape index (κ1) is 17.4. The second kappa shape index (κ2) is 8.12. The Balaban J connectivity index is 1.76. The average molecular weight is 354 g/mol. The molecule has 3 rings (SSSR count). The molecule has 0 saturated carbocycles. The number of halogens is 1. The van der Waals surface area contributed by atoms with Crippen LogP contribution >= 0.6 is 11.8 Å². The Labute approximate surface area is 151 Å². The van der Waals surface area contributed by atoms with Gasteiger partial charge >= 0.3 is 0 Å². The fourth-order valence-electron chi connectivity index (χ4n) is 2.28. The molecule has 0 atom stereocenters. The first-order valence-corrected chi connectivity index (χ1v) is 9.10. The van der Waals surface area contributed by atoms with E-state index in [4.69, 9.17) is 4.74 Å². The molecular formula is C20H19FN2OS. The second-order valence-electron chi connectivity index (χ2n) is 5.67. The molecule has 0 saturated heterocycles. The maximum absolute atomic E-state index is 13.0. The third kappa shape index (κ3) is 5.03. The van der Waals surface area contributed by atoms with Crippen LogP contribution in [0.1, 0.15) is 23.7 Å². The van der Waals surface area contributed by atoms with Crippen LogP contribution in [0, 0.1) is 12.7 Å². The van der Waals surface area contributed by atoms with E-state index in [1.165, 1.54) is 23.9 Å². The Hall–Kier alpha value is -2.40. The summed E-state index contributed by atoms with van der Waals surface area (Å²) in [5.41, 5.74) is 3.09. The van der Waals surface area contributed by atoms with Crippen LogP contribution in [0.2, 0.25) is 0 Å². The van der Waals surface area contributed by atoms with Crippen LogP contribution in [0.4, 0.5) is 4.39 Å². The van der Waals surface area contributed by atoms with E-state index in [0.717, 1.165) is 29.0 Å². The summed E-state index contributed by atoms with van der Waals surface area (Å²) in [6.45, 7) is 4.07. The molecule has 0 unspecified atom stereocenters. The van der Waals surface area contributed by atoms with E-state index in [1.807, 2.05) is 44.2 Å². The molecule has 0 radical (unpaired) electrons. The molecule has 0 bridgehead atoms. The number of hydrogen-bond donors (Lipinski definition) is 0. The highest BCUT2D eigenvalue weighted by Crippen LogP contribution is 2.26. The minimum atomic E-state index is -0.230. The molecule has 25 heavy (non-hydrogen) atoms. The van der Waals surface area contributed by atoms with Gasteiger partial charge in [0.1, 0.15) is 11.6 Å². The highest BCUT2D eigenvalue weighted by atomic mass is 32.2. The molecule has 5 heteroatoms. The van der Waals surface area contributed by atoms with Gasteiger partial charge < -0.3 is 4.74 Å². The molecule has 1 aromatic heterocycles. The molecule has 3 aromatic rings. The van der Waals surface area contributed by atoms with Crippen LogP contribution in [0.25, 0.3) is 0 Å². The Morgan fingerprint density at radius 2 is 1.84 bits per heavy atom. The number of rotatable bonds is 6. The number of ether oxygens (including phenoxy) is 1. The van der Waals surface area contributed by atoms with Crippen molar-refractivity contribution in [1.82, 2.24) is 9.97 Å². The van der Waals surface area contributed by atoms with Gasteiger partial charge in [0.15, 0.2) is 5.16 Å². The smallest absolute Gasteiger partial charge is 0.223 e. The van der Waals surface area contributed by atoms with E-state index in [1.54, 1.807) is 12.1 Å². The zero-order valence-electron chi connectivity index (χ0n) is 14.2. The first-order chi connectivity index (χ1) is 12.1. The van der Waals surface area contributed by atoms with Gasteiger partial charge in [0, 0.05) is 17.5 Å². The molecule has 3 nitrogen and oxygen atoms in total. The SMILES string of the molecule is CCc1cc(Oc2cccc(C)c2)nc(SCc2ccc(F)cc2)n1. The van der Waals surface area contributed by atoms with Crippen molar-refractivity contribution < 1.29 is 9.13 Å². The molecule has 0 aliphatic heterocycles. The van der Waals surface area contributed by atoms with Crippen LogP contribution in [-0.4, -0.2) is 9.97 Å². The molecule has 0 aliphatic rings. The Kier molecular flexibility index (Phi) is 5.66. The number of aromatic nitrogens is 2. The summed E-state index contributed by atoms with van der Waals surface area (Å²) in [6, 6.07) is 16.2. The predicted molar refractivity (Wildman–Crippen MR) is 98.6 cm³/mol. The van der Waals surface area contributed by atoms with Crippen LogP contribution in [-0.2, 0) is 12.2 Å². The topological polar surface area (TPSA) is 35.0 Å². The van der Waals surface area contributed by atoms with Crippen molar-refractivity contribution in [3.8, 4) is 11.6 Å². The van der Waals surface area contributed by atoms with Crippen molar-refractivity contribution in [2.75, 3.05) is 0 Å². The van der Waals surface area contributed by atoms with Gasteiger partial charge in [-0.1, -0.05) is 43.0 Å². The fourth-order valence-corrected chi connectivity index (χ4v) is 3.10. The lowest BCUT2D eigenvalue weighted by molar-refractivity contribution is 0.453. The number of aryl methyl sites for hydroxylation is 2. The minimum Gasteiger partial charge on any atom is -0.439 e. The normalized spacial score (nSPS) is 10.7. The molecule has 0 fully saturated rings. The van der Waals surface area contributed by atoms with Crippen molar-refractivity contribution in [1.29, 1.82) is 0 Å². The van der Waals surface area contributed by atoms with Gasteiger partial charge in [0.05, 0.1) is 0 Å². The van der Waals surface area contributed by atoms with Gasteiger partial charge in [-0.05, 0) is 48.7 Å². The summed E-state index contributed by atoms with van der Waals surface area (Å²) < 4.78 is 18.9. The van der Waals surface area contributed by atoms with Crippen LogP contribution < -0.4 is 4.74 Å². The average Bonchev–Trinajstić information content (AvgIpc) is 2.61. The van der Waals surface area contributed by atoms with Crippen LogP contribution in [0.3, 0.4) is 0 Å². The van der Waals surface area contributed by atoms with Crippen molar-refractivity contribution in [2.45, 2.75) is 31.2 Å². The molecular weight excluding hydrogens is 335 g/mol. The van der Waals surface area contributed by atoms with E-state index in [0.29, 0.717) is 16.8 Å². The molecule has 2 aromatic carbocycles. The zero-order chi connectivity index (χ0) is 17.6. The highest BCUT2D eigenvalue weighted by Gasteiger charge is 2.07. The molecule has 128 valence electrons. The van der Waals surface area contributed by atoms with Gasteiger partial charge in [-0.15, -0.1) is 0 Å². The Morgan fingerprint density at radius 3 is 2.56 bits per heavy atom. The van der Waals surface area contributed by atoms with Gasteiger partial charge in [-0.3, -0.25) is 0 Å². The van der Waals surface area contributed by atoms with E-state index in [9.17, 15) is 4.39 Å². The van der Waals surface area contributed by atoms with E-state index >= 15 is 0 Å². The fraction of sp³-hybridized carbons (Fsp3) is 0.200. The largest absolute Gasteiger partial charge is 0.439 e. The molecule has 0 aliphatic carbocycles. The highest BCUT2D eigenvalue weighted by molar-refractivity contribution is 7.98. The Morgan fingerprint density at radius 1 is 1.04 bits per heavy atom. The number of benzene rings is 2. The van der Waals surface area contributed by atoms with Gasteiger partial charge in [0.25, 0.3) is 0 Å². The maximum Gasteiger partial charge on any atom is 0.223 e. The molecule has 1 heterocycles. The molecule has 0 spiro atoms. The lowest BCUT2D eigenvalue weighted by Crippen LogP contribution is -1.97. The number of nitrogens with zero attached hydrogens (tertiary/aromatic N) is 2. The number of hydrogen-bond acceptors (Lipinski definition) is 4. The standard InChI is InChI=1S/C20H19FN2OS/c1-3-17-12-19(24-18-6-4-5-14(2)11-18)23-20(22-17)25-13-15-7-9-16(21)10-8-15/h4-12H,3,13H2,1-2H3. The minimum absolute atomic E-state index is 0.230. The van der Waals surface area contributed by atoms with Crippen molar-refractivity contribution in [3.63, 3.8) is 0 Å². The van der Waals surface area contributed by atoms with Crippen LogP contribution in [0.5, 0.6) is 11.6 Å². The summed E-state index contributed by atoms with van der Waals surface area (Å²) in [4.78, 5) is 9.04. The lowest BCUT2D eigenvalue weighted by Gasteiger charge is -2.09. The van der Waals surface area contributed by atoms with Crippen molar-refractivity contribution in [2.24, 2.45) is 0 Å². The summed E-state index contributed by atoms with van der Waals surface area (Å²) >= 11 is 1.51. The predicted octanol–water partition coefficient (Wildman–Crippen LogP) is 5.57. The lowest BCUT2D eigenvalue weighted by atomic mass is 10.2. The van der Waals surface area contributed by atoms with Gasteiger partial charge in [-0.25, -0.2) is 9.37 Å². The first-order valence-electron chi connectivity index (χ1n) is 8.12. The molecule has 0 amide bonds.